The minimum atomic E-state index is 0.500. The second-order valence-electron chi connectivity index (χ2n) is 6.00. The van der Waals surface area contributed by atoms with Crippen molar-refractivity contribution in [3.05, 3.63) is 0 Å². The molecule has 0 heterocycles. The molecule has 0 N–H and O–H groups in total. The lowest BCUT2D eigenvalue weighted by Gasteiger charge is -2.05. The van der Waals surface area contributed by atoms with E-state index in [0.29, 0.717) is 10.8 Å². The van der Waals surface area contributed by atoms with Crippen LogP contribution in [0.25, 0.3) is 0 Å². The van der Waals surface area contributed by atoms with Gasteiger partial charge in [-0.15, -0.1) is 0 Å². The molecule has 0 atom stereocenters. The van der Waals surface area contributed by atoms with E-state index in [1.54, 1.807) is 0 Å². The molecule has 0 aromatic heterocycles. The predicted molar refractivity (Wildman–Crippen MR) is 61.6 cm³/mol. The Kier molecular flexibility index (Phi) is 11.4. The Morgan fingerprint density at radius 2 is 0.417 bits per heavy atom. The van der Waals surface area contributed by atoms with Crippen molar-refractivity contribution in [1.82, 2.24) is 0 Å². The van der Waals surface area contributed by atoms with E-state index >= 15 is 0 Å². The summed E-state index contributed by atoms with van der Waals surface area (Å²) >= 11 is 0. The molecule has 0 aromatic carbocycles. The van der Waals surface area contributed by atoms with Gasteiger partial charge in [-0.3, -0.25) is 0 Å². The Hall–Kier alpha value is 0. The molecule has 0 aliphatic carbocycles. The highest BCUT2D eigenvalue weighted by atomic mass is 14.0. The van der Waals surface area contributed by atoms with Gasteiger partial charge in [-0.25, -0.2) is 0 Å². The van der Waals surface area contributed by atoms with Crippen LogP contribution in [0.4, 0.5) is 0 Å². The molecule has 0 radical (unpaired) electrons. The first kappa shape index (κ1) is 17.9. The summed E-state index contributed by atoms with van der Waals surface area (Å²) < 4.78 is 0. The molecule has 0 bridgehead atoms. The van der Waals surface area contributed by atoms with Crippen LogP contribution in [0.2, 0.25) is 0 Å². The van der Waals surface area contributed by atoms with Gasteiger partial charge in [0.1, 0.15) is 0 Å². The smallest absolute Gasteiger partial charge is 0.0411 e. The summed E-state index contributed by atoms with van der Waals surface area (Å²) in [7, 11) is 0. The van der Waals surface area contributed by atoms with Crippen LogP contribution < -0.4 is 0 Å². The molecular formula is C12H30. The summed E-state index contributed by atoms with van der Waals surface area (Å²) in [6.07, 6.45) is 0. The van der Waals surface area contributed by atoms with E-state index in [2.05, 4.69) is 55.4 Å². The molecule has 0 aliphatic heterocycles. The Bertz CT molecular complexity index is 43.0. The molecule has 0 spiro atoms. The molecule has 0 rings (SSSR count). The van der Waals surface area contributed by atoms with Crippen molar-refractivity contribution in [1.29, 1.82) is 0 Å². The lowest BCUT2D eigenvalue weighted by molar-refractivity contribution is 0.469. The van der Waals surface area contributed by atoms with Crippen LogP contribution in [0.5, 0.6) is 0 Å². The zero-order valence-electron chi connectivity index (χ0n) is 11.0. The standard InChI is InChI=1S/2C5H12.C2H6/c2*1-5(2,3)4;1-2/h2*1-4H3;1-2H3. The van der Waals surface area contributed by atoms with E-state index in [1.165, 1.54) is 0 Å². The second-order valence-corrected chi connectivity index (χ2v) is 6.00. The molecule has 0 aromatic rings. The van der Waals surface area contributed by atoms with Crippen LogP contribution >= 0.6 is 0 Å². The van der Waals surface area contributed by atoms with E-state index in [1.807, 2.05) is 13.8 Å². The second kappa shape index (κ2) is 7.64. The van der Waals surface area contributed by atoms with Crippen LogP contribution in [-0.2, 0) is 0 Å². The molecule has 0 nitrogen and oxygen atoms in total. The maximum atomic E-state index is 2.19. The third kappa shape index (κ3) is 0. The van der Waals surface area contributed by atoms with Crippen molar-refractivity contribution in [3.8, 4) is 0 Å². The zero-order chi connectivity index (χ0) is 11.0. The largest absolute Gasteiger partial charge is 0.0683 e. The summed E-state index contributed by atoms with van der Waals surface area (Å²) in [5.41, 5.74) is 1.00. The van der Waals surface area contributed by atoms with Crippen molar-refractivity contribution < 1.29 is 0 Å². The highest BCUT2D eigenvalue weighted by molar-refractivity contribution is 4.47. The maximum absolute atomic E-state index is 2.19. The zero-order valence-corrected chi connectivity index (χ0v) is 11.0. The lowest BCUT2D eigenvalue weighted by atomic mass is 10.0. The van der Waals surface area contributed by atoms with Gasteiger partial charge in [-0.05, 0) is 10.8 Å². The van der Waals surface area contributed by atoms with Crippen LogP contribution in [0.15, 0.2) is 0 Å². The first-order valence-corrected chi connectivity index (χ1v) is 5.00. The van der Waals surface area contributed by atoms with E-state index in [9.17, 15) is 0 Å². The summed E-state index contributed by atoms with van der Waals surface area (Å²) in [5.74, 6) is 0. The number of rotatable bonds is 0. The van der Waals surface area contributed by atoms with Gasteiger partial charge in [-0.1, -0.05) is 69.2 Å². The summed E-state index contributed by atoms with van der Waals surface area (Å²) in [4.78, 5) is 0. The summed E-state index contributed by atoms with van der Waals surface area (Å²) in [6, 6.07) is 0. The van der Waals surface area contributed by atoms with Crippen LogP contribution in [-0.4, -0.2) is 0 Å². The quantitative estimate of drug-likeness (QED) is 0.477. The van der Waals surface area contributed by atoms with Gasteiger partial charge in [-0.2, -0.15) is 0 Å². The molecule has 0 saturated carbocycles. The molecule has 0 fully saturated rings. The SMILES string of the molecule is CC.CC(C)(C)C.CC(C)(C)C. The van der Waals surface area contributed by atoms with Crippen LogP contribution in [0.3, 0.4) is 0 Å². The van der Waals surface area contributed by atoms with Crippen LogP contribution in [0.1, 0.15) is 69.2 Å². The molecule has 0 heteroatoms. The fourth-order valence-electron chi connectivity index (χ4n) is 0. The summed E-state index contributed by atoms with van der Waals surface area (Å²) in [6.45, 7) is 21.5. The molecule has 0 unspecified atom stereocenters. The van der Waals surface area contributed by atoms with E-state index in [4.69, 9.17) is 0 Å². The first-order chi connectivity index (χ1) is 5.00. The van der Waals surface area contributed by atoms with Gasteiger partial charge in [0.15, 0.2) is 0 Å². The molecule has 0 aliphatic rings. The van der Waals surface area contributed by atoms with Crippen LogP contribution in [0, 0.1) is 10.8 Å². The van der Waals surface area contributed by atoms with E-state index in [-0.39, 0.29) is 0 Å². The van der Waals surface area contributed by atoms with Crippen molar-refractivity contribution in [2.24, 2.45) is 10.8 Å². The van der Waals surface area contributed by atoms with Crippen molar-refractivity contribution in [2.45, 2.75) is 69.2 Å². The van der Waals surface area contributed by atoms with Gasteiger partial charge >= 0.3 is 0 Å². The first-order valence-electron chi connectivity index (χ1n) is 5.00. The molecule has 0 saturated heterocycles. The van der Waals surface area contributed by atoms with Gasteiger partial charge in [0.05, 0.1) is 0 Å². The predicted octanol–water partition coefficient (Wildman–Crippen LogP) is 5.13. The minimum absolute atomic E-state index is 0.500. The fourth-order valence-corrected chi connectivity index (χ4v) is 0. The highest BCUT2D eigenvalue weighted by Crippen LogP contribution is 2.08. The highest BCUT2D eigenvalue weighted by Gasteiger charge is 1.96. The maximum Gasteiger partial charge on any atom is -0.0411 e. The normalized spacial score (nSPS) is 10.5. The summed E-state index contributed by atoms with van der Waals surface area (Å²) in [5, 5.41) is 0. The molecule has 78 valence electrons. The Morgan fingerprint density at radius 1 is 0.417 bits per heavy atom. The average molecular weight is 174 g/mol. The average Bonchev–Trinajstić information content (AvgIpc) is 1.59. The van der Waals surface area contributed by atoms with E-state index in [0.717, 1.165) is 0 Å². The fraction of sp³-hybridized carbons (Fsp3) is 1.00. The molecular weight excluding hydrogens is 144 g/mol. The monoisotopic (exact) mass is 174 g/mol. The van der Waals surface area contributed by atoms with Gasteiger partial charge in [0, 0.05) is 0 Å². The third-order valence-electron chi connectivity index (χ3n) is 0. The van der Waals surface area contributed by atoms with Crippen molar-refractivity contribution >= 4 is 0 Å². The Labute approximate surface area is 80.8 Å². The van der Waals surface area contributed by atoms with Crippen molar-refractivity contribution in [2.75, 3.05) is 0 Å². The van der Waals surface area contributed by atoms with Gasteiger partial charge < -0.3 is 0 Å². The number of hydrogen-bond donors (Lipinski definition) is 0. The van der Waals surface area contributed by atoms with Crippen molar-refractivity contribution in [3.63, 3.8) is 0 Å². The Morgan fingerprint density at radius 3 is 0.417 bits per heavy atom. The molecule has 12 heavy (non-hydrogen) atoms. The number of hydrogen-bond acceptors (Lipinski definition) is 0. The Balaban J connectivity index is -0.000000112. The van der Waals surface area contributed by atoms with Gasteiger partial charge in [0.25, 0.3) is 0 Å². The minimum Gasteiger partial charge on any atom is -0.0683 e. The third-order valence-corrected chi connectivity index (χ3v) is 0. The van der Waals surface area contributed by atoms with Gasteiger partial charge in [0.2, 0.25) is 0 Å². The topological polar surface area (TPSA) is 0 Å². The molecule has 0 amide bonds. The van der Waals surface area contributed by atoms with E-state index < -0.39 is 0 Å². The lowest BCUT2D eigenvalue weighted by Crippen LogP contribution is -1.93.